The molecule has 0 aliphatic carbocycles. The van der Waals surface area contributed by atoms with Gasteiger partial charge in [-0.25, -0.2) is 4.79 Å². The van der Waals surface area contributed by atoms with Gasteiger partial charge in [-0.1, -0.05) is 30.3 Å². The van der Waals surface area contributed by atoms with E-state index in [2.05, 4.69) is 10.6 Å². The fourth-order valence-electron chi connectivity index (χ4n) is 1.96. The van der Waals surface area contributed by atoms with Gasteiger partial charge in [0.15, 0.2) is 0 Å². The van der Waals surface area contributed by atoms with E-state index in [4.69, 9.17) is 0 Å². The molecule has 6 heteroatoms. The fraction of sp³-hybridized carbons (Fsp3) is 0.235. The highest BCUT2D eigenvalue weighted by Gasteiger charge is 2.04. The van der Waals surface area contributed by atoms with Crippen molar-refractivity contribution >= 4 is 34.3 Å². The van der Waals surface area contributed by atoms with Crippen molar-refractivity contribution in [1.29, 1.82) is 0 Å². The van der Waals surface area contributed by atoms with Crippen LogP contribution in [0.4, 0.5) is 10.5 Å². The third kappa shape index (κ3) is 6.46. The highest BCUT2D eigenvalue weighted by atomic mass is 32.2. The minimum Gasteiger partial charge on any atom is -0.337 e. The Morgan fingerprint density at radius 1 is 1.09 bits per heavy atom. The second-order valence-corrected chi connectivity index (χ2v) is 7.34. The molecular weight excluding hydrogens is 328 g/mol. The van der Waals surface area contributed by atoms with E-state index >= 15 is 0 Å². The van der Waals surface area contributed by atoms with Crippen LogP contribution in [-0.4, -0.2) is 28.8 Å². The van der Waals surface area contributed by atoms with Gasteiger partial charge in [-0.15, -0.1) is 11.8 Å². The zero-order valence-electron chi connectivity index (χ0n) is 13.0. The molecule has 0 bridgehead atoms. The van der Waals surface area contributed by atoms with Crippen molar-refractivity contribution in [3.05, 3.63) is 60.2 Å². The summed E-state index contributed by atoms with van der Waals surface area (Å²) in [5.41, 5.74) is 1.79. The number of hydrogen-bond acceptors (Lipinski definition) is 3. The molecule has 2 aromatic carbocycles. The van der Waals surface area contributed by atoms with E-state index in [1.54, 1.807) is 11.8 Å². The maximum atomic E-state index is 12.0. The molecule has 0 aliphatic heterocycles. The van der Waals surface area contributed by atoms with Crippen LogP contribution in [0.25, 0.3) is 0 Å². The van der Waals surface area contributed by atoms with Crippen molar-refractivity contribution in [3.63, 3.8) is 0 Å². The van der Waals surface area contributed by atoms with Crippen LogP contribution in [0.1, 0.15) is 5.56 Å². The average molecular weight is 348 g/mol. The Balaban J connectivity index is 1.68. The Labute approximate surface area is 143 Å². The number of nitrogens with one attached hydrogen (secondary N) is 2. The molecule has 4 nitrogen and oxygen atoms in total. The van der Waals surface area contributed by atoms with E-state index in [0.29, 0.717) is 18.1 Å². The van der Waals surface area contributed by atoms with E-state index in [1.165, 1.54) is 0 Å². The molecule has 2 rings (SSSR count). The molecular formula is C17H20N2O2S2. The van der Waals surface area contributed by atoms with Gasteiger partial charge in [-0.05, 0) is 36.1 Å². The molecule has 2 N–H and O–H groups in total. The number of amides is 2. The van der Waals surface area contributed by atoms with Crippen molar-refractivity contribution in [2.24, 2.45) is 0 Å². The van der Waals surface area contributed by atoms with Gasteiger partial charge in [0, 0.05) is 39.4 Å². The SMILES string of the molecule is CSc1ccc(NC(=O)NCC[S@](=O)Cc2ccccc2)cc1. The molecule has 23 heavy (non-hydrogen) atoms. The van der Waals surface area contributed by atoms with Gasteiger partial charge < -0.3 is 10.6 Å². The predicted octanol–water partition coefficient (Wildman–Crippen LogP) is 3.48. The monoisotopic (exact) mass is 348 g/mol. The molecule has 0 aromatic heterocycles. The number of benzene rings is 2. The smallest absolute Gasteiger partial charge is 0.319 e. The minimum atomic E-state index is -0.984. The quantitative estimate of drug-likeness (QED) is 0.753. The van der Waals surface area contributed by atoms with Gasteiger partial charge in [0.05, 0.1) is 0 Å². The van der Waals surface area contributed by atoms with Gasteiger partial charge in [0.25, 0.3) is 0 Å². The molecule has 0 saturated carbocycles. The maximum absolute atomic E-state index is 12.0. The molecule has 2 amide bonds. The van der Waals surface area contributed by atoms with Crippen molar-refractivity contribution < 1.29 is 9.00 Å². The summed E-state index contributed by atoms with van der Waals surface area (Å²) in [6.45, 7) is 0.383. The molecule has 2 aromatic rings. The second kappa shape index (κ2) is 9.37. The Morgan fingerprint density at radius 2 is 1.78 bits per heavy atom. The van der Waals surface area contributed by atoms with Crippen LogP contribution in [0.3, 0.4) is 0 Å². The van der Waals surface area contributed by atoms with Crippen LogP contribution < -0.4 is 10.6 Å². The summed E-state index contributed by atoms with van der Waals surface area (Å²) in [4.78, 5) is 12.9. The molecule has 0 aliphatic rings. The van der Waals surface area contributed by atoms with Crippen LogP contribution in [-0.2, 0) is 16.6 Å². The van der Waals surface area contributed by atoms with Gasteiger partial charge >= 0.3 is 6.03 Å². The van der Waals surface area contributed by atoms with Gasteiger partial charge in [0.2, 0.25) is 0 Å². The van der Waals surface area contributed by atoms with Crippen molar-refractivity contribution in [2.45, 2.75) is 10.6 Å². The largest absolute Gasteiger partial charge is 0.337 e. The van der Waals surface area contributed by atoms with Crippen LogP contribution in [0.15, 0.2) is 59.5 Å². The number of carbonyl (C=O) groups excluding carboxylic acids is 1. The van der Waals surface area contributed by atoms with Crippen LogP contribution in [0.2, 0.25) is 0 Å². The van der Waals surface area contributed by atoms with Crippen molar-refractivity contribution in [1.82, 2.24) is 5.32 Å². The average Bonchev–Trinajstić information content (AvgIpc) is 2.56. The lowest BCUT2D eigenvalue weighted by Gasteiger charge is -2.08. The Kier molecular flexibility index (Phi) is 7.16. The minimum absolute atomic E-state index is 0.279. The number of urea groups is 1. The van der Waals surface area contributed by atoms with E-state index in [-0.39, 0.29) is 6.03 Å². The zero-order valence-corrected chi connectivity index (χ0v) is 14.6. The first-order valence-corrected chi connectivity index (χ1v) is 9.96. The van der Waals surface area contributed by atoms with E-state index in [0.717, 1.165) is 16.1 Å². The summed E-state index contributed by atoms with van der Waals surface area (Å²) in [5.74, 6) is 0.952. The Morgan fingerprint density at radius 3 is 2.43 bits per heavy atom. The number of rotatable bonds is 7. The number of carbonyl (C=O) groups is 1. The lowest BCUT2D eigenvalue weighted by Crippen LogP contribution is -2.32. The third-order valence-corrected chi connectivity index (χ3v) is 5.19. The first-order valence-electron chi connectivity index (χ1n) is 7.25. The number of anilines is 1. The molecule has 0 saturated heterocycles. The Bertz CT molecular complexity index is 645. The number of hydrogen-bond donors (Lipinski definition) is 2. The van der Waals surface area contributed by atoms with Crippen LogP contribution in [0.5, 0.6) is 0 Å². The standard InChI is InChI=1S/C17H20N2O2S2/c1-22-16-9-7-15(8-10-16)19-17(20)18-11-12-23(21)13-14-5-3-2-4-6-14/h2-10H,11-13H2,1H3,(H2,18,19,20)/t23-/m0/s1. The Hall–Kier alpha value is -1.79. The predicted molar refractivity (Wildman–Crippen MR) is 98.4 cm³/mol. The van der Waals surface area contributed by atoms with E-state index in [1.807, 2.05) is 60.9 Å². The molecule has 0 spiro atoms. The van der Waals surface area contributed by atoms with Gasteiger partial charge in [0.1, 0.15) is 0 Å². The van der Waals surface area contributed by atoms with Crippen molar-refractivity contribution in [3.8, 4) is 0 Å². The normalized spacial score (nSPS) is 11.7. The topological polar surface area (TPSA) is 58.2 Å². The lowest BCUT2D eigenvalue weighted by atomic mass is 10.2. The van der Waals surface area contributed by atoms with Gasteiger partial charge in [-0.2, -0.15) is 0 Å². The molecule has 122 valence electrons. The summed E-state index contributed by atoms with van der Waals surface area (Å²) in [6, 6.07) is 17.1. The van der Waals surface area contributed by atoms with Crippen molar-refractivity contribution in [2.75, 3.05) is 23.9 Å². The molecule has 1 atom stereocenters. The summed E-state index contributed by atoms with van der Waals surface area (Å²) in [6.07, 6.45) is 2.00. The first kappa shape index (κ1) is 17.6. The zero-order chi connectivity index (χ0) is 16.5. The molecule has 0 heterocycles. The number of thioether (sulfide) groups is 1. The summed E-state index contributed by atoms with van der Waals surface area (Å²) >= 11 is 1.65. The summed E-state index contributed by atoms with van der Waals surface area (Å²) < 4.78 is 12.0. The lowest BCUT2D eigenvalue weighted by molar-refractivity contribution is 0.252. The van der Waals surface area contributed by atoms with Crippen LogP contribution >= 0.6 is 11.8 Å². The maximum Gasteiger partial charge on any atom is 0.319 e. The van der Waals surface area contributed by atoms with E-state index in [9.17, 15) is 9.00 Å². The highest BCUT2D eigenvalue weighted by Crippen LogP contribution is 2.17. The molecule has 0 fully saturated rings. The summed E-state index contributed by atoms with van der Waals surface area (Å²) in [7, 11) is -0.984. The molecule has 0 radical (unpaired) electrons. The van der Waals surface area contributed by atoms with Crippen LogP contribution in [0, 0.1) is 0 Å². The van der Waals surface area contributed by atoms with Gasteiger partial charge in [-0.3, -0.25) is 4.21 Å². The fourth-order valence-corrected chi connectivity index (χ4v) is 3.41. The second-order valence-electron chi connectivity index (χ2n) is 4.88. The van der Waals surface area contributed by atoms with E-state index < -0.39 is 10.8 Å². The molecule has 0 unspecified atom stereocenters. The highest BCUT2D eigenvalue weighted by molar-refractivity contribution is 7.98. The third-order valence-electron chi connectivity index (χ3n) is 3.13. The summed E-state index contributed by atoms with van der Waals surface area (Å²) in [5, 5.41) is 5.49. The first-order chi connectivity index (χ1) is 11.2.